The van der Waals surface area contributed by atoms with Gasteiger partial charge in [0.2, 0.25) is 0 Å². The van der Waals surface area contributed by atoms with Gasteiger partial charge in [0.1, 0.15) is 0 Å². The average molecular weight is 257 g/mol. The molecule has 110 valence electrons. The minimum absolute atomic E-state index is 0.610. The summed E-state index contributed by atoms with van der Waals surface area (Å²) in [6.07, 6.45) is 2.48. The highest BCUT2D eigenvalue weighted by Crippen LogP contribution is 2.08. The van der Waals surface area contributed by atoms with E-state index in [9.17, 15) is 0 Å². The smallest absolute Gasteiger partial charge is 0.0220 e. The monoisotopic (exact) mass is 257 g/mol. The molecule has 0 aliphatic rings. The lowest BCUT2D eigenvalue weighted by molar-refractivity contribution is 0.166. The van der Waals surface area contributed by atoms with E-state index in [-0.39, 0.29) is 0 Å². The molecule has 0 fully saturated rings. The van der Waals surface area contributed by atoms with E-state index in [1.807, 2.05) is 0 Å². The second-order valence-electron chi connectivity index (χ2n) is 5.05. The summed E-state index contributed by atoms with van der Waals surface area (Å²) < 4.78 is 0. The first-order valence-corrected chi connectivity index (χ1v) is 7.78. The summed E-state index contributed by atoms with van der Waals surface area (Å²) in [5.74, 6) is 0. The van der Waals surface area contributed by atoms with E-state index >= 15 is 0 Å². The van der Waals surface area contributed by atoms with Crippen LogP contribution in [0.4, 0.5) is 0 Å². The number of nitrogens with zero attached hydrogens (tertiary/aromatic N) is 2. The third kappa shape index (κ3) is 6.17. The second-order valence-corrected chi connectivity index (χ2v) is 5.05. The Labute approximate surface area is 115 Å². The van der Waals surface area contributed by atoms with Crippen molar-refractivity contribution in [1.82, 2.24) is 15.1 Å². The third-order valence-corrected chi connectivity index (χ3v) is 4.19. The van der Waals surface area contributed by atoms with Crippen LogP contribution in [-0.2, 0) is 0 Å². The van der Waals surface area contributed by atoms with E-state index in [0.29, 0.717) is 12.1 Å². The summed E-state index contributed by atoms with van der Waals surface area (Å²) in [6.45, 7) is 17.3. The molecule has 0 aliphatic carbocycles. The average Bonchev–Trinajstić information content (AvgIpc) is 2.40. The summed E-state index contributed by atoms with van der Waals surface area (Å²) in [5, 5.41) is 3.44. The molecule has 18 heavy (non-hydrogen) atoms. The van der Waals surface area contributed by atoms with Crippen molar-refractivity contribution in [2.45, 2.75) is 59.5 Å². The number of nitrogens with one attached hydrogen (secondary N) is 1. The Morgan fingerprint density at radius 2 is 1.56 bits per heavy atom. The van der Waals surface area contributed by atoms with Gasteiger partial charge in [-0.15, -0.1) is 0 Å². The van der Waals surface area contributed by atoms with E-state index in [4.69, 9.17) is 0 Å². The largest absolute Gasteiger partial charge is 0.315 e. The minimum Gasteiger partial charge on any atom is -0.315 e. The van der Waals surface area contributed by atoms with Crippen molar-refractivity contribution in [1.29, 1.82) is 0 Å². The van der Waals surface area contributed by atoms with Crippen LogP contribution in [0.5, 0.6) is 0 Å². The number of hydrogen-bond acceptors (Lipinski definition) is 3. The normalized spacial score (nSPS) is 15.3. The Hall–Kier alpha value is -0.120. The van der Waals surface area contributed by atoms with E-state index in [1.165, 1.54) is 39.0 Å². The lowest BCUT2D eigenvalue weighted by Crippen LogP contribution is -2.47. The van der Waals surface area contributed by atoms with Crippen molar-refractivity contribution in [2.75, 3.05) is 39.8 Å². The first kappa shape index (κ1) is 17.9. The number of likely N-dealkylation sites (N-methyl/N-ethyl adjacent to an activating group) is 2. The molecule has 0 rings (SSSR count). The summed E-state index contributed by atoms with van der Waals surface area (Å²) in [4.78, 5) is 5.11. The van der Waals surface area contributed by atoms with Crippen LogP contribution in [0.1, 0.15) is 47.5 Å². The highest BCUT2D eigenvalue weighted by atomic mass is 15.2. The molecule has 0 amide bonds. The molecule has 3 nitrogen and oxygen atoms in total. The fourth-order valence-corrected chi connectivity index (χ4v) is 2.73. The van der Waals surface area contributed by atoms with Crippen LogP contribution in [0, 0.1) is 0 Å². The molecular weight excluding hydrogens is 222 g/mol. The van der Waals surface area contributed by atoms with Gasteiger partial charge in [0.15, 0.2) is 0 Å². The summed E-state index contributed by atoms with van der Waals surface area (Å²) >= 11 is 0. The summed E-state index contributed by atoms with van der Waals surface area (Å²) in [6, 6.07) is 1.24. The van der Waals surface area contributed by atoms with Crippen molar-refractivity contribution in [2.24, 2.45) is 0 Å². The summed E-state index contributed by atoms with van der Waals surface area (Å²) in [7, 11) is 2.08. The maximum Gasteiger partial charge on any atom is 0.0220 e. The minimum atomic E-state index is 0.610. The van der Waals surface area contributed by atoms with Gasteiger partial charge >= 0.3 is 0 Å². The maximum absolute atomic E-state index is 3.44. The van der Waals surface area contributed by atoms with Crippen LogP contribution < -0.4 is 5.32 Å². The quantitative estimate of drug-likeness (QED) is 0.613. The van der Waals surface area contributed by atoms with Gasteiger partial charge in [0, 0.05) is 12.1 Å². The van der Waals surface area contributed by atoms with E-state index in [1.54, 1.807) is 0 Å². The van der Waals surface area contributed by atoms with Crippen LogP contribution in [0.15, 0.2) is 0 Å². The zero-order valence-electron chi connectivity index (χ0n) is 13.5. The zero-order valence-corrected chi connectivity index (χ0v) is 13.5. The van der Waals surface area contributed by atoms with Crippen molar-refractivity contribution in [3.63, 3.8) is 0 Å². The molecule has 0 spiro atoms. The Morgan fingerprint density at radius 1 is 0.944 bits per heavy atom. The van der Waals surface area contributed by atoms with Gasteiger partial charge in [-0.25, -0.2) is 0 Å². The van der Waals surface area contributed by atoms with Crippen LogP contribution in [0.3, 0.4) is 0 Å². The van der Waals surface area contributed by atoms with Crippen molar-refractivity contribution >= 4 is 0 Å². The molecule has 0 aromatic carbocycles. The summed E-state index contributed by atoms with van der Waals surface area (Å²) in [5.41, 5.74) is 0. The molecule has 2 atom stereocenters. The Balaban J connectivity index is 4.09. The Bertz CT molecular complexity index is 177. The van der Waals surface area contributed by atoms with Gasteiger partial charge in [0.25, 0.3) is 0 Å². The first-order valence-electron chi connectivity index (χ1n) is 7.78. The standard InChI is InChI=1S/C15H35N3/c1-7-15(16-6)14(5)18(10-4)13-11-12-17(8-2)9-3/h14-16H,7-13H2,1-6H3. The van der Waals surface area contributed by atoms with Gasteiger partial charge in [-0.3, -0.25) is 4.90 Å². The molecule has 0 saturated carbocycles. The van der Waals surface area contributed by atoms with E-state index in [2.05, 4.69) is 56.8 Å². The third-order valence-electron chi connectivity index (χ3n) is 4.19. The maximum atomic E-state index is 3.44. The zero-order chi connectivity index (χ0) is 14.0. The predicted molar refractivity (Wildman–Crippen MR) is 82.3 cm³/mol. The van der Waals surface area contributed by atoms with Crippen molar-refractivity contribution < 1.29 is 0 Å². The van der Waals surface area contributed by atoms with Crippen LogP contribution in [-0.4, -0.2) is 61.7 Å². The van der Waals surface area contributed by atoms with Crippen molar-refractivity contribution in [3.05, 3.63) is 0 Å². The van der Waals surface area contributed by atoms with Crippen LogP contribution in [0.25, 0.3) is 0 Å². The van der Waals surface area contributed by atoms with Gasteiger partial charge in [-0.1, -0.05) is 27.7 Å². The molecule has 3 heteroatoms. The molecular formula is C15H35N3. The SMILES string of the molecule is CCC(NC)C(C)N(CC)CCCN(CC)CC. The number of rotatable bonds is 11. The fourth-order valence-electron chi connectivity index (χ4n) is 2.73. The molecule has 0 bridgehead atoms. The van der Waals surface area contributed by atoms with Gasteiger partial charge in [0.05, 0.1) is 0 Å². The Morgan fingerprint density at radius 3 is 1.94 bits per heavy atom. The van der Waals surface area contributed by atoms with E-state index in [0.717, 1.165) is 6.54 Å². The first-order chi connectivity index (χ1) is 8.64. The van der Waals surface area contributed by atoms with Crippen molar-refractivity contribution in [3.8, 4) is 0 Å². The topological polar surface area (TPSA) is 18.5 Å². The van der Waals surface area contributed by atoms with Gasteiger partial charge < -0.3 is 10.2 Å². The van der Waals surface area contributed by atoms with Gasteiger partial charge in [-0.05, 0) is 59.5 Å². The molecule has 2 unspecified atom stereocenters. The molecule has 0 aromatic rings. The molecule has 0 saturated heterocycles. The van der Waals surface area contributed by atoms with E-state index < -0.39 is 0 Å². The highest BCUT2D eigenvalue weighted by molar-refractivity contribution is 4.78. The van der Waals surface area contributed by atoms with Gasteiger partial charge in [-0.2, -0.15) is 0 Å². The lowest BCUT2D eigenvalue weighted by atomic mass is 10.1. The molecule has 0 heterocycles. The molecule has 1 N–H and O–H groups in total. The molecule has 0 aromatic heterocycles. The second kappa shape index (κ2) is 10.8. The number of hydrogen-bond donors (Lipinski definition) is 1. The van der Waals surface area contributed by atoms with Crippen LogP contribution >= 0.6 is 0 Å². The predicted octanol–water partition coefficient (Wildman–Crippen LogP) is 2.43. The molecule has 0 aliphatic heterocycles. The Kier molecular flexibility index (Phi) is 10.7. The molecule has 0 radical (unpaired) electrons. The lowest BCUT2D eigenvalue weighted by Gasteiger charge is -2.34. The van der Waals surface area contributed by atoms with Crippen LogP contribution in [0.2, 0.25) is 0 Å². The fraction of sp³-hybridized carbons (Fsp3) is 1.00. The highest BCUT2D eigenvalue weighted by Gasteiger charge is 2.19.